The van der Waals surface area contributed by atoms with E-state index in [9.17, 15) is 14.0 Å². The van der Waals surface area contributed by atoms with Crippen molar-refractivity contribution >= 4 is 22.6 Å². The van der Waals surface area contributed by atoms with Crippen molar-refractivity contribution in [2.45, 2.75) is 32.6 Å². The normalized spacial score (nSPS) is 11.5. The van der Waals surface area contributed by atoms with E-state index in [0.29, 0.717) is 34.3 Å². The van der Waals surface area contributed by atoms with Crippen LogP contribution in [0.1, 0.15) is 52.2 Å². The maximum atomic E-state index is 13.5. The summed E-state index contributed by atoms with van der Waals surface area (Å²) in [6.07, 6.45) is 0.379. The average Bonchev–Trinajstić information content (AvgIpc) is 3.32. The second-order valence-electron chi connectivity index (χ2n) is 10.4. The first-order valence-electron chi connectivity index (χ1n) is 12.9. The number of carbonyl (C=O) groups excluding carboxylic acids is 2. The Bertz CT molecular complexity index is 1690. The van der Waals surface area contributed by atoms with Gasteiger partial charge in [-0.1, -0.05) is 62.4 Å². The van der Waals surface area contributed by atoms with Gasteiger partial charge in [0.25, 0.3) is 5.91 Å². The van der Waals surface area contributed by atoms with Crippen LogP contribution in [0.5, 0.6) is 0 Å². The molecule has 196 valence electrons. The second-order valence-corrected chi connectivity index (χ2v) is 10.4. The lowest BCUT2D eigenvalue weighted by Crippen LogP contribution is -2.22. The van der Waals surface area contributed by atoms with Crippen LogP contribution in [0.3, 0.4) is 0 Å². The molecule has 0 spiro atoms. The Labute approximate surface area is 227 Å². The molecule has 1 heterocycles. The highest BCUT2D eigenvalue weighted by Gasteiger charge is 2.25. The fourth-order valence-electron chi connectivity index (χ4n) is 4.96. The van der Waals surface area contributed by atoms with Crippen molar-refractivity contribution in [3.63, 3.8) is 0 Å². The third-order valence-electron chi connectivity index (χ3n) is 7.21. The molecule has 1 N–H and O–H groups in total. The van der Waals surface area contributed by atoms with E-state index < -0.39 is 0 Å². The van der Waals surface area contributed by atoms with Crippen LogP contribution in [0.25, 0.3) is 27.7 Å². The van der Waals surface area contributed by atoms with Crippen molar-refractivity contribution in [1.29, 1.82) is 0 Å². The van der Waals surface area contributed by atoms with E-state index in [1.165, 1.54) is 16.8 Å². The summed E-state index contributed by atoms with van der Waals surface area (Å²) in [6.45, 7) is 6.17. The van der Waals surface area contributed by atoms with Crippen molar-refractivity contribution in [1.82, 2.24) is 15.1 Å². The number of nitrogens with one attached hydrogen (secondary N) is 1. The first-order valence-corrected chi connectivity index (χ1v) is 12.9. The molecule has 1 aromatic heterocycles. The number of fused-ring (bicyclic) bond motifs is 1. The molecule has 5 aromatic rings. The van der Waals surface area contributed by atoms with Gasteiger partial charge in [0, 0.05) is 24.4 Å². The summed E-state index contributed by atoms with van der Waals surface area (Å²) in [5, 5.41) is 7.99. The number of nitrogens with zero attached hydrogens (tertiary/aromatic N) is 2. The Morgan fingerprint density at radius 1 is 0.923 bits per heavy atom. The van der Waals surface area contributed by atoms with Crippen molar-refractivity contribution in [3.8, 4) is 16.8 Å². The van der Waals surface area contributed by atoms with E-state index in [2.05, 4.69) is 36.4 Å². The summed E-state index contributed by atoms with van der Waals surface area (Å²) in [5.74, 6) is -0.597. The Morgan fingerprint density at radius 2 is 1.64 bits per heavy atom. The largest absolute Gasteiger partial charge is 0.354 e. The van der Waals surface area contributed by atoms with Crippen LogP contribution in [0, 0.1) is 12.7 Å². The van der Waals surface area contributed by atoms with E-state index in [1.807, 2.05) is 61.5 Å². The third-order valence-corrected chi connectivity index (χ3v) is 7.21. The highest BCUT2D eigenvalue weighted by atomic mass is 19.1. The monoisotopic (exact) mass is 519 g/mol. The molecule has 0 unspecified atom stereocenters. The van der Waals surface area contributed by atoms with Crippen LogP contribution in [0.2, 0.25) is 0 Å². The molecule has 0 fully saturated rings. The number of ketones is 1. The van der Waals surface area contributed by atoms with Gasteiger partial charge in [-0.25, -0.2) is 9.07 Å². The lowest BCUT2D eigenvalue weighted by Gasteiger charge is -2.24. The van der Waals surface area contributed by atoms with Gasteiger partial charge in [0.2, 0.25) is 0 Å². The topological polar surface area (TPSA) is 64.0 Å². The van der Waals surface area contributed by atoms with Crippen LogP contribution >= 0.6 is 0 Å². The van der Waals surface area contributed by atoms with Gasteiger partial charge in [0.1, 0.15) is 11.5 Å². The van der Waals surface area contributed by atoms with E-state index in [1.54, 1.807) is 19.2 Å². The number of hydrogen-bond acceptors (Lipinski definition) is 3. The number of halogens is 1. The number of benzene rings is 4. The van der Waals surface area contributed by atoms with E-state index >= 15 is 0 Å². The standard InChI is InChI=1S/C33H30FN3O2/c1-21-10-11-23(30(38)20-33(2,3)24-8-6-5-7-9-24)19-27(21)22-12-17-29-28(18-22)31(32(39)35-4)37(36-29)26-15-13-25(34)14-16-26/h5-19H,20H2,1-4H3,(H,35,39). The fraction of sp³-hybridized carbons (Fsp3) is 0.182. The Balaban J connectivity index is 1.55. The number of Topliss-reactive ketones (excluding diaryl/α,β-unsaturated/α-hetero) is 1. The van der Waals surface area contributed by atoms with Gasteiger partial charge in [0.15, 0.2) is 5.78 Å². The molecule has 5 nitrogen and oxygen atoms in total. The van der Waals surface area contributed by atoms with E-state index in [4.69, 9.17) is 0 Å². The number of carbonyl (C=O) groups is 2. The zero-order chi connectivity index (χ0) is 27.7. The molecule has 0 bridgehead atoms. The van der Waals surface area contributed by atoms with Crippen molar-refractivity contribution in [2.24, 2.45) is 0 Å². The van der Waals surface area contributed by atoms with E-state index in [0.717, 1.165) is 22.3 Å². The third kappa shape index (κ3) is 5.10. The molecular weight excluding hydrogens is 489 g/mol. The summed E-state index contributed by atoms with van der Waals surface area (Å²) in [5.41, 5.74) is 5.84. The van der Waals surface area contributed by atoms with Crippen LogP contribution in [-0.4, -0.2) is 28.5 Å². The lowest BCUT2D eigenvalue weighted by molar-refractivity contribution is 0.0949. The zero-order valence-corrected chi connectivity index (χ0v) is 22.5. The maximum absolute atomic E-state index is 13.5. The van der Waals surface area contributed by atoms with Gasteiger partial charge in [-0.3, -0.25) is 9.59 Å². The van der Waals surface area contributed by atoms with Gasteiger partial charge >= 0.3 is 0 Å². The summed E-state index contributed by atoms with van der Waals surface area (Å²) in [6, 6.07) is 27.4. The van der Waals surface area contributed by atoms with Crippen molar-refractivity contribution in [3.05, 3.63) is 119 Å². The maximum Gasteiger partial charge on any atom is 0.270 e. The number of hydrogen-bond donors (Lipinski definition) is 1. The second kappa shape index (κ2) is 10.3. The zero-order valence-electron chi connectivity index (χ0n) is 22.5. The first-order chi connectivity index (χ1) is 18.7. The van der Waals surface area contributed by atoms with Crippen LogP contribution in [-0.2, 0) is 5.41 Å². The number of rotatable bonds is 7. The van der Waals surface area contributed by atoms with Crippen LogP contribution in [0.15, 0.2) is 91.0 Å². The molecule has 0 saturated heterocycles. The van der Waals surface area contributed by atoms with Gasteiger partial charge in [0.05, 0.1) is 11.2 Å². The molecule has 0 aliphatic rings. The summed E-state index contributed by atoms with van der Waals surface area (Å²) in [4.78, 5) is 26.4. The highest BCUT2D eigenvalue weighted by molar-refractivity contribution is 6.06. The quantitative estimate of drug-likeness (QED) is 0.234. The summed E-state index contributed by atoms with van der Waals surface area (Å²) >= 11 is 0. The lowest BCUT2D eigenvalue weighted by atomic mass is 9.79. The molecule has 0 aliphatic carbocycles. The molecule has 39 heavy (non-hydrogen) atoms. The number of aromatic nitrogens is 2. The SMILES string of the molecule is CNC(=O)c1c2cc(-c3cc(C(=O)CC(C)(C)c4ccccc4)ccc3C)ccc2nn1-c1ccc(F)cc1. The van der Waals surface area contributed by atoms with Crippen LogP contribution in [0.4, 0.5) is 4.39 Å². The predicted molar refractivity (Wildman–Crippen MR) is 153 cm³/mol. The Hall–Kier alpha value is -4.58. The molecule has 0 atom stereocenters. The molecule has 0 radical (unpaired) electrons. The summed E-state index contributed by atoms with van der Waals surface area (Å²) in [7, 11) is 1.57. The minimum absolute atomic E-state index is 0.0707. The predicted octanol–water partition coefficient (Wildman–Crippen LogP) is 7.05. The van der Waals surface area contributed by atoms with E-state index in [-0.39, 0.29) is 22.9 Å². The van der Waals surface area contributed by atoms with Gasteiger partial charge in [-0.05, 0) is 77.1 Å². The van der Waals surface area contributed by atoms with Crippen molar-refractivity contribution < 1.29 is 14.0 Å². The smallest absolute Gasteiger partial charge is 0.270 e. The minimum Gasteiger partial charge on any atom is -0.354 e. The Kier molecular flexibility index (Phi) is 6.87. The molecule has 0 aliphatic heterocycles. The number of aryl methyl sites for hydroxylation is 1. The highest BCUT2D eigenvalue weighted by Crippen LogP contribution is 2.33. The molecule has 1 amide bonds. The molecule has 6 heteroatoms. The molecular formula is C33H30FN3O2. The molecule has 5 rings (SSSR count). The molecule has 4 aromatic carbocycles. The van der Waals surface area contributed by atoms with Gasteiger partial charge in [-0.15, -0.1) is 0 Å². The average molecular weight is 520 g/mol. The van der Waals surface area contributed by atoms with Gasteiger partial charge < -0.3 is 5.32 Å². The first kappa shape index (κ1) is 26.0. The molecule has 0 saturated carbocycles. The Morgan fingerprint density at radius 3 is 2.33 bits per heavy atom. The van der Waals surface area contributed by atoms with Crippen LogP contribution < -0.4 is 5.32 Å². The van der Waals surface area contributed by atoms with Gasteiger partial charge in [-0.2, -0.15) is 5.10 Å². The number of amides is 1. The van der Waals surface area contributed by atoms with Crippen molar-refractivity contribution in [2.75, 3.05) is 7.05 Å². The fourth-order valence-corrected chi connectivity index (χ4v) is 4.96. The summed E-state index contributed by atoms with van der Waals surface area (Å²) < 4.78 is 15.1. The minimum atomic E-state index is -0.365.